The molecule has 6 heteroatoms. The second-order valence-electron chi connectivity index (χ2n) is 6.64. The lowest BCUT2D eigenvalue weighted by molar-refractivity contribution is 0.256. The highest BCUT2D eigenvalue weighted by Crippen LogP contribution is 2.36. The topological polar surface area (TPSA) is 159 Å². The Morgan fingerprint density at radius 3 is 2.04 bits per heavy atom. The highest BCUT2D eigenvalue weighted by molar-refractivity contribution is 5.69. The zero-order valence-electron chi connectivity index (χ0n) is 16.2. The quantitative estimate of drug-likeness (QED) is 0.471. The van der Waals surface area contributed by atoms with Crippen LogP contribution in [0.3, 0.4) is 0 Å². The number of phenolic OH excluding ortho intramolecular Hbond substituents is 1. The van der Waals surface area contributed by atoms with Crippen LogP contribution in [0.1, 0.15) is 43.4 Å². The summed E-state index contributed by atoms with van der Waals surface area (Å²) in [6, 6.07) is 14.8. The summed E-state index contributed by atoms with van der Waals surface area (Å²) in [5.41, 5.74) is 13.5. The zero-order valence-corrected chi connectivity index (χ0v) is 16.2. The molecule has 0 fully saturated rings. The molecule has 2 aromatic rings. The Labute approximate surface area is 156 Å². The van der Waals surface area contributed by atoms with Gasteiger partial charge in [-0.2, -0.15) is 0 Å². The van der Waals surface area contributed by atoms with Crippen molar-refractivity contribution in [1.82, 2.24) is 12.3 Å². The van der Waals surface area contributed by atoms with E-state index >= 15 is 0 Å². The van der Waals surface area contributed by atoms with Crippen LogP contribution < -0.4 is 23.8 Å². The standard InChI is InChI=1S/C13H18.C6H6O.CH4N2O.2H3N/c1-10-6-7-12-11(9-10)5-4-8-13(12,2)3;7-6-4-2-1-3-5-6;2-1(3)4;;/h6-7,9H,4-5,8H2,1-3H3;1-5,7H;(H4,2,3,4);2*1H3. The molecule has 1 aliphatic carbocycles. The van der Waals surface area contributed by atoms with Crippen LogP contribution in [0.5, 0.6) is 5.75 Å². The first-order valence-electron chi connectivity index (χ1n) is 8.11. The normalized spacial score (nSPS) is 13.0. The monoisotopic (exact) mass is 362 g/mol. The van der Waals surface area contributed by atoms with E-state index in [0.29, 0.717) is 11.2 Å². The Morgan fingerprint density at radius 1 is 1.04 bits per heavy atom. The van der Waals surface area contributed by atoms with E-state index in [1.54, 1.807) is 35.4 Å². The van der Waals surface area contributed by atoms with E-state index in [9.17, 15) is 0 Å². The van der Waals surface area contributed by atoms with Gasteiger partial charge < -0.3 is 28.9 Å². The van der Waals surface area contributed by atoms with Crippen molar-refractivity contribution in [2.45, 2.75) is 45.4 Å². The SMILES string of the molecule is Cc1ccc2c(c1)CCCC2(C)C.N.N.NC(N)=O.Oc1ccccc1. The number of hydrogen-bond donors (Lipinski definition) is 5. The molecule has 1 aliphatic rings. The van der Waals surface area contributed by atoms with Crippen LogP contribution in [-0.2, 0) is 11.8 Å². The molecule has 0 spiro atoms. The highest BCUT2D eigenvalue weighted by atomic mass is 16.3. The number of hydrogen-bond acceptors (Lipinski definition) is 4. The second kappa shape index (κ2) is 11.9. The van der Waals surface area contributed by atoms with Crippen LogP contribution in [-0.4, -0.2) is 11.1 Å². The Kier molecular flexibility index (Phi) is 11.7. The fourth-order valence-electron chi connectivity index (χ4n) is 2.87. The van der Waals surface area contributed by atoms with Crippen molar-refractivity contribution < 1.29 is 9.90 Å². The molecule has 0 unspecified atom stereocenters. The summed E-state index contributed by atoms with van der Waals surface area (Å²) < 4.78 is 0. The van der Waals surface area contributed by atoms with Crippen molar-refractivity contribution in [3.63, 3.8) is 0 Å². The first-order valence-corrected chi connectivity index (χ1v) is 8.11. The van der Waals surface area contributed by atoms with Crippen LogP contribution in [0, 0.1) is 6.92 Å². The van der Waals surface area contributed by atoms with Gasteiger partial charge in [0.05, 0.1) is 0 Å². The number of carbonyl (C=O) groups is 1. The molecule has 2 amide bonds. The number of urea groups is 1. The van der Waals surface area contributed by atoms with Gasteiger partial charge >= 0.3 is 6.03 Å². The van der Waals surface area contributed by atoms with Crippen molar-refractivity contribution >= 4 is 6.03 Å². The summed E-state index contributed by atoms with van der Waals surface area (Å²) in [6.07, 6.45) is 3.97. The number of para-hydroxylation sites is 1. The second-order valence-corrected chi connectivity index (χ2v) is 6.64. The van der Waals surface area contributed by atoms with Crippen LogP contribution >= 0.6 is 0 Å². The van der Waals surface area contributed by atoms with Gasteiger partial charge in [-0.05, 0) is 54.9 Å². The van der Waals surface area contributed by atoms with E-state index in [4.69, 9.17) is 9.90 Å². The van der Waals surface area contributed by atoms with Gasteiger partial charge in [0.2, 0.25) is 0 Å². The molecule has 0 radical (unpaired) electrons. The smallest absolute Gasteiger partial charge is 0.309 e. The molecular weight excluding hydrogens is 328 g/mol. The van der Waals surface area contributed by atoms with Crippen LogP contribution in [0.2, 0.25) is 0 Å². The summed E-state index contributed by atoms with van der Waals surface area (Å²) in [6.45, 7) is 6.91. The van der Waals surface area contributed by atoms with E-state index in [2.05, 4.69) is 50.4 Å². The van der Waals surface area contributed by atoms with Gasteiger partial charge in [-0.1, -0.05) is 55.8 Å². The Balaban J connectivity index is 0. The fraction of sp³-hybridized carbons (Fsp3) is 0.350. The van der Waals surface area contributed by atoms with Gasteiger partial charge in [0.15, 0.2) is 0 Å². The molecule has 0 atom stereocenters. The van der Waals surface area contributed by atoms with Crippen LogP contribution in [0.25, 0.3) is 0 Å². The first kappa shape index (κ1) is 25.7. The number of carbonyl (C=O) groups excluding carboxylic acids is 1. The molecule has 2 aromatic carbocycles. The number of nitrogens with two attached hydrogens (primary N) is 2. The Bertz CT molecular complexity index is 654. The maximum atomic E-state index is 9.00. The lowest BCUT2D eigenvalue weighted by atomic mass is 9.72. The number of primary amides is 2. The van der Waals surface area contributed by atoms with Crippen molar-refractivity contribution in [1.29, 1.82) is 0 Å². The van der Waals surface area contributed by atoms with Gasteiger partial charge in [-0.3, -0.25) is 0 Å². The predicted octanol–water partition coefficient (Wildman–Crippen LogP) is 4.35. The minimum atomic E-state index is -0.833. The van der Waals surface area contributed by atoms with Gasteiger partial charge in [0.1, 0.15) is 5.75 Å². The number of phenols is 1. The zero-order chi connectivity index (χ0) is 18.2. The minimum absolute atomic E-state index is 0. The maximum absolute atomic E-state index is 9.00. The molecule has 0 bridgehead atoms. The van der Waals surface area contributed by atoms with E-state index in [1.165, 1.54) is 24.8 Å². The van der Waals surface area contributed by atoms with Crippen LogP contribution in [0.15, 0.2) is 48.5 Å². The van der Waals surface area contributed by atoms with E-state index < -0.39 is 6.03 Å². The highest BCUT2D eigenvalue weighted by Gasteiger charge is 2.26. The number of fused-ring (bicyclic) bond motifs is 1. The fourth-order valence-corrected chi connectivity index (χ4v) is 2.87. The molecule has 0 saturated carbocycles. The van der Waals surface area contributed by atoms with Gasteiger partial charge in [-0.25, -0.2) is 4.79 Å². The van der Waals surface area contributed by atoms with Gasteiger partial charge in [0.25, 0.3) is 0 Å². The molecule has 6 nitrogen and oxygen atoms in total. The van der Waals surface area contributed by atoms with Crippen molar-refractivity contribution in [2.75, 3.05) is 0 Å². The third-order valence-corrected chi connectivity index (χ3v) is 3.99. The summed E-state index contributed by atoms with van der Waals surface area (Å²) in [4.78, 5) is 9.00. The number of rotatable bonds is 0. The number of amides is 2. The van der Waals surface area contributed by atoms with Crippen LogP contribution in [0.4, 0.5) is 4.79 Å². The van der Waals surface area contributed by atoms with Crippen molar-refractivity contribution in [3.8, 4) is 5.75 Å². The maximum Gasteiger partial charge on any atom is 0.309 e. The number of benzene rings is 2. The van der Waals surface area contributed by atoms with Crippen molar-refractivity contribution in [2.24, 2.45) is 11.5 Å². The average Bonchev–Trinajstić information content (AvgIpc) is 2.47. The molecule has 146 valence electrons. The summed E-state index contributed by atoms with van der Waals surface area (Å²) in [5, 5.41) is 8.63. The molecular formula is C20H34N4O2. The predicted molar refractivity (Wildman–Crippen MR) is 109 cm³/mol. The number of aromatic hydroxyl groups is 1. The minimum Gasteiger partial charge on any atom is -0.508 e. The largest absolute Gasteiger partial charge is 0.508 e. The van der Waals surface area contributed by atoms with Crippen molar-refractivity contribution in [3.05, 3.63) is 65.2 Å². The summed E-state index contributed by atoms with van der Waals surface area (Å²) in [5.74, 6) is 0.322. The van der Waals surface area contributed by atoms with E-state index in [0.717, 1.165) is 0 Å². The molecule has 0 aliphatic heterocycles. The molecule has 26 heavy (non-hydrogen) atoms. The molecule has 11 N–H and O–H groups in total. The average molecular weight is 363 g/mol. The third kappa shape index (κ3) is 9.05. The molecule has 0 saturated heterocycles. The van der Waals surface area contributed by atoms with Gasteiger partial charge in [-0.15, -0.1) is 0 Å². The number of aryl methyl sites for hydroxylation is 2. The lowest BCUT2D eigenvalue weighted by Crippen LogP contribution is -2.23. The Hall–Kier alpha value is -2.57. The Morgan fingerprint density at radius 2 is 1.58 bits per heavy atom. The van der Waals surface area contributed by atoms with Gasteiger partial charge in [0, 0.05) is 0 Å². The van der Waals surface area contributed by atoms with E-state index in [-0.39, 0.29) is 12.3 Å². The molecule has 0 heterocycles. The third-order valence-electron chi connectivity index (χ3n) is 3.99. The molecule has 3 rings (SSSR count). The molecule has 0 aromatic heterocycles. The van der Waals surface area contributed by atoms with E-state index in [1.807, 2.05) is 6.07 Å². The summed E-state index contributed by atoms with van der Waals surface area (Å²) in [7, 11) is 0. The lowest BCUT2D eigenvalue weighted by Gasteiger charge is -2.32. The first-order chi connectivity index (χ1) is 11.2. The summed E-state index contributed by atoms with van der Waals surface area (Å²) >= 11 is 0.